The molecule has 0 aliphatic carbocycles. The van der Waals surface area contributed by atoms with Crippen LogP contribution in [0.2, 0.25) is 0 Å². The molecular formula is C20H24N2O4S. The summed E-state index contributed by atoms with van der Waals surface area (Å²) in [7, 11) is -2.12. The average Bonchev–Trinajstić information content (AvgIpc) is 2.66. The van der Waals surface area contributed by atoms with Gasteiger partial charge in [-0.2, -0.15) is 0 Å². The summed E-state index contributed by atoms with van der Waals surface area (Å²) in [4.78, 5) is 24.1. The maximum atomic E-state index is 12.6. The van der Waals surface area contributed by atoms with Crippen LogP contribution in [-0.2, 0) is 10.0 Å². The number of anilines is 1. The minimum Gasteiger partial charge on any atom is -0.322 e. The Morgan fingerprint density at radius 2 is 1.70 bits per heavy atom. The molecule has 0 fully saturated rings. The van der Waals surface area contributed by atoms with Crippen molar-refractivity contribution in [2.75, 3.05) is 18.9 Å². The highest BCUT2D eigenvalue weighted by atomic mass is 32.2. The van der Waals surface area contributed by atoms with E-state index < -0.39 is 15.9 Å². The van der Waals surface area contributed by atoms with E-state index in [-0.39, 0.29) is 16.2 Å². The van der Waals surface area contributed by atoms with Crippen molar-refractivity contribution in [1.29, 1.82) is 0 Å². The molecule has 1 N–H and O–H groups in total. The van der Waals surface area contributed by atoms with E-state index >= 15 is 0 Å². The molecule has 0 heterocycles. The molecule has 1 amide bonds. The van der Waals surface area contributed by atoms with Crippen LogP contribution in [0.25, 0.3) is 0 Å². The lowest BCUT2D eigenvalue weighted by Gasteiger charge is -2.17. The zero-order chi connectivity index (χ0) is 20.0. The molecule has 0 aliphatic heterocycles. The van der Waals surface area contributed by atoms with Gasteiger partial charge in [-0.1, -0.05) is 31.5 Å². The number of nitrogens with one attached hydrogen (secondary N) is 1. The predicted octanol–water partition coefficient (Wildman–Crippen LogP) is 3.56. The molecular weight excluding hydrogens is 364 g/mol. The van der Waals surface area contributed by atoms with E-state index in [1.807, 2.05) is 6.92 Å². The highest BCUT2D eigenvalue weighted by Gasteiger charge is 2.21. The van der Waals surface area contributed by atoms with Crippen LogP contribution >= 0.6 is 0 Å². The molecule has 0 saturated heterocycles. The largest absolute Gasteiger partial charge is 0.322 e. The molecule has 0 aromatic heterocycles. The summed E-state index contributed by atoms with van der Waals surface area (Å²) in [6, 6.07) is 12.5. The van der Waals surface area contributed by atoms with Crippen LogP contribution < -0.4 is 5.32 Å². The molecule has 7 heteroatoms. The maximum absolute atomic E-state index is 12.6. The Morgan fingerprint density at radius 1 is 1.04 bits per heavy atom. The monoisotopic (exact) mass is 388 g/mol. The minimum absolute atomic E-state index is 0.0752. The molecule has 0 atom stereocenters. The van der Waals surface area contributed by atoms with Gasteiger partial charge in [0.1, 0.15) is 0 Å². The van der Waals surface area contributed by atoms with Crippen molar-refractivity contribution < 1.29 is 18.0 Å². The van der Waals surface area contributed by atoms with E-state index in [2.05, 4.69) is 5.32 Å². The third-order valence-electron chi connectivity index (χ3n) is 4.16. The number of carbonyl (C=O) groups excluding carboxylic acids is 2. The summed E-state index contributed by atoms with van der Waals surface area (Å²) in [5.41, 5.74) is 1.19. The van der Waals surface area contributed by atoms with Crippen molar-refractivity contribution in [3.05, 3.63) is 59.7 Å². The molecule has 0 unspecified atom stereocenters. The number of Topliss-reactive ketones (excluding diaryl/α,β-unsaturated/α-hetero) is 1. The molecule has 0 spiro atoms. The second-order valence-corrected chi connectivity index (χ2v) is 8.34. The molecule has 27 heavy (non-hydrogen) atoms. The number of hydrogen-bond acceptors (Lipinski definition) is 4. The van der Waals surface area contributed by atoms with E-state index in [9.17, 15) is 18.0 Å². The Bertz CT molecular complexity index is 939. The van der Waals surface area contributed by atoms with Crippen molar-refractivity contribution in [2.24, 2.45) is 0 Å². The molecule has 2 aromatic carbocycles. The highest BCUT2D eigenvalue weighted by Crippen LogP contribution is 2.18. The summed E-state index contributed by atoms with van der Waals surface area (Å²) in [5.74, 6) is -0.543. The third kappa shape index (κ3) is 5.24. The van der Waals surface area contributed by atoms with E-state index in [1.165, 1.54) is 30.4 Å². The fraction of sp³-hybridized carbons (Fsp3) is 0.300. The fourth-order valence-corrected chi connectivity index (χ4v) is 3.75. The number of carbonyl (C=O) groups is 2. The van der Waals surface area contributed by atoms with Gasteiger partial charge in [-0.15, -0.1) is 0 Å². The summed E-state index contributed by atoms with van der Waals surface area (Å²) in [5, 5.41) is 2.70. The van der Waals surface area contributed by atoms with Crippen LogP contribution in [0.3, 0.4) is 0 Å². The molecule has 0 radical (unpaired) electrons. The Balaban J connectivity index is 2.23. The Labute approximate surface area is 160 Å². The zero-order valence-electron chi connectivity index (χ0n) is 15.7. The molecule has 0 bridgehead atoms. The lowest BCUT2D eigenvalue weighted by atomic mass is 10.1. The summed E-state index contributed by atoms with van der Waals surface area (Å²) < 4.78 is 26.6. The van der Waals surface area contributed by atoms with Crippen molar-refractivity contribution in [2.45, 2.75) is 31.6 Å². The van der Waals surface area contributed by atoms with Gasteiger partial charge in [-0.05, 0) is 43.7 Å². The van der Waals surface area contributed by atoms with E-state index in [0.29, 0.717) is 17.8 Å². The van der Waals surface area contributed by atoms with E-state index in [4.69, 9.17) is 0 Å². The number of hydrogen-bond donors (Lipinski definition) is 1. The molecule has 2 rings (SSSR count). The van der Waals surface area contributed by atoms with Crippen LogP contribution in [0.15, 0.2) is 53.4 Å². The summed E-state index contributed by atoms with van der Waals surface area (Å²) in [6.07, 6.45) is 1.66. The standard InChI is InChI=1S/C20H24N2O4S/c1-4-5-12-22(3)27(25,26)19-11-7-9-17(14-19)20(24)21-18-10-6-8-16(13-18)15(2)23/h6-11,13-14H,4-5,12H2,1-3H3,(H,21,24). The maximum Gasteiger partial charge on any atom is 0.255 e. The van der Waals surface area contributed by atoms with Crippen molar-refractivity contribution >= 4 is 27.4 Å². The average molecular weight is 388 g/mol. The molecule has 0 aliphatic rings. The van der Waals surface area contributed by atoms with Gasteiger partial charge in [0.15, 0.2) is 5.78 Å². The molecule has 6 nitrogen and oxygen atoms in total. The van der Waals surface area contributed by atoms with Gasteiger partial charge in [0.25, 0.3) is 5.91 Å². The Morgan fingerprint density at radius 3 is 2.37 bits per heavy atom. The van der Waals surface area contributed by atoms with Crippen LogP contribution in [0.4, 0.5) is 5.69 Å². The van der Waals surface area contributed by atoms with E-state index in [0.717, 1.165) is 12.8 Å². The first-order chi connectivity index (χ1) is 12.8. The van der Waals surface area contributed by atoms with Gasteiger partial charge in [0.2, 0.25) is 10.0 Å². The number of sulfonamides is 1. The number of unbranched alkanes of at least 4 members (excludes halogenated alkanes) is 1. The SMILES string of the molecule is CCCCN(C)S(=O)(=O)c1cccc(C(=O)Nc2cccc(C(C)=O)c2)c1. The van der Waals surface area contributed by atoms with Crippen LogP contribution in [0.5, 0.6) is 0 Å². The van der Waals surface area contributed by atoms with Gasteiger partial charge in [-0.3, -0.25) is 9.59 Å². The number of ketones is 1. The zero-order valence-corrected chi connectivity index (χ0v) is 16.5. The van der Waals surface area contributed by atoms with Gasteiger partial charge >= 0.3 is 0 Å². The smallest absolute Gasteiger partial charge is 0.255 e. The first-order valence-electron chi connectivity index (χ1n) is 8.74. The second kappa shape index (κ2) is 8.92. The molecule has 0 saturated carbocycles. The lowest BCUT2D eigenvalue weighted by molar-refractivity contribution is 0.101. The molecule has 144 valence electrons. The van der Waals surface area contributed by atoms with Gasteiger partial charge < -0.3 is 5.32 Å². The second-order valence-electron chi connectivity index (χ2n) is 6.30. The van der Waals surface area contributed by atoms with Crippen molar-refractivity contribution in [1.82, 2.24) is 4.31 Å². The van der Waals surface area contributed by atoms with Crippen molar-refractivity contribution in [3.8, 4) is 0 Å². The lowest BCUT2D eigenvalue weighted by Crippen LogP contribution is -2.28. The number of nitrogens with zero attached hydrogens (tertiary/aromatic N) is 1. The third-order valence-corrected chi connectivity index (χ3v) is 6.01. The topological polar surface area (TPSA) is 83.6 Å². The number of amides is 1. The van der Waals surface area contributed by atoms with Crippen molar-refractivity contribution in [3.63, 3.8) is 0 Å². The van der Waals surface area contributed by atoms with E-state index in [1.54, 1.807) is 36.4 Å². The van der Waals surface area contributed by atoms with Gasteiger partial charge in [0, 0.05) is 30.4 Å². The summed E-state index contributed by atoms with van der Waals surface area (Å²) in [6.45, 7) is 3.87. The normalized spacial score (nSPS) is 11.4. The Hall–Kier alpha value is -2.51. The minimum atomic E-state index is -3.65. The highest BCUT2D eigenvalue weighted by molar-refractivity contribution is 7.89. The molecule has 2 aromatic rings. The van der Waals surface area contributed by atoms with Crippen LogP contribution in [0, 0.1) is 0 Å². The number of rotatable bonds is 8. The fourth-order valence-electron chi connectivity index (χ4n) is 2.50. The van der Waals surface area contributed by atoms with Gasteiger partial charge in [-0.25, -0.2) is 12.7 Å². The Kier molecular flexibility index (Phi) is 6.87. The van der Waals surface area contributed by atoms with Crippen LogP contribution in [-0.4, -0.2) is 38.0 Å². The van der Waals surface area contributed by atoms with Crippen LogP contribution in [0.1, 0.15) is 47.4 Å². The summed E-state index contributed by atoms with van der Waals surface area (Å²) >= 11 is 0. The predicted molar refractivity (Wildman–Crippen MR) is 106 cm³/mol. The first kappa shape index (κ1) is 20.8. The van der Waals surface area contributed by atoms with Gasteiger partial charge in [0.05, 0.1) is 4.90 Å². The first-order valence-corrected chi connectivity index (χ1v) is 10.2. The quantitative estimate of drug-likeness (QED) is 0.701. The number of benzene rings is 2.